The first-order valence-corrected chi connectivity index (χ1v) is 7.89. The third-order valence-electron chi connectivity index (χ3n) is 4.67. The smallest absolute Gasteiger partial charge is 0.237 e. The lowest BCUT2D eigenvalue weighted by Gasteiger charge is -2.36. The summed E-state index contributed by atoms with van der Waals surface area (Å²) in [6, 6.07) is 0.466. The second-order valence-corrected chi connectivity index (χ2v) is 6.23. The van der Waals surface area contributed by atoms with Gasteiger partial charge in [0, 0.05) is 12.6 Å². The highest BCUT2D eigenvalue weighted by atomic mass is 35.5. The number of likely N-dealkylation sites (tertiary alicyclic amines) is 1. The Bertz CT molecular complexity index is 293. The highest BCUT2D eigenvalue weighted by molar-refractivity contribution is 5.85. The Balaban J connectivity index is 0.00000200. The molecule has 2 aliphatic rings. The van der Waals surface area contributed by atoms with E-state index in [0.29, 0.717) is 12.0 Å². The lowest BCUT2D eigenvalue weighted by Crippen LogP contribution is -2.51. The van der Waals surface area contributed by atoms with Crippen LogP contribution in [0.1, 0.15) is 45.4 Å². The molecule has 20 heavy (non-hydrogen) atoms. The van der Waals surface area contributed by atoms with Crippen molar-refractivity contribution in [3.8, 4) is 0 Å². The number of amides is 1. The average molecular weight is 304 g/mol. The van der Waals surface area contributed by atoms with Crippen LogP contribution in [0.4, 0.5) is 0 Å². The van der Waals surface area contributed by atoms with E-state index >= 15 is 0 Å². The molecule has 1 heterocycles. The maximum atomic E-state index is 12.3. The van der Waals surface area contributed by atoms with E-state index < -0.39 is 0 Å². The quantitative estimate of drug-likeness (QED) is 0.814. The van der Waals surface area contributed by atoms with Crippen LogP contribution >= 0.6 is 12.4 Å². The Hall–Kier alpha value is -0.320. The maximum Gasteiger partial charge on any atom is 0.237 e. The van der Waals surface area contributed by atoms with Crippen LogP contribution in [-0.4, -0.2) is 49.6 Å². The van der Waals surface area contributed by atoms with Crippen LogP contribution in [0, 0.1) is 5.92 Å². The van der Waals surface area contributed by atoms with E-state index in [4.69, 9.17) is 0 Å². The van der Waals surface area contributed by atoms with Crippen LogP contribution in [-0.2, 0) is 4.79 Å². The van der Waals surface area contributed by atoms with Crippen molar-refractivity contribution in [3.63, 3.8) is 0 Å². The van der Waals surface area contributed by atoms with Crippen molar-refractivity contribution in [3.05, 3.63) is 0 Å². The van der Waals surface area contributed by atoms with Crippen LogP contribution in [0.25, 0.3) is 0 Å². The van der Waals surface area contributed by atoms with Gasteiger partial charge in [-0.3, -0.25) is 9.69 Å². The molecule has 1 amide bonds. The molecule has 2 N–H and O–H groups in total. The fraction of sp³-hybridized carbons (Fsp3) is 0.933. The van der Waals surface area contributed by atoms with Crippen molar-refractivity contribution >= 4 is 18.3 Å². The van der Waals surface area contributed by atoms with Gasteiger partial charge in [0.1, 0.15) is 0 Å². The van der Waals surface area contributed by atoms with Gasteiger partial charge < -0.3 is 10.6 Å². The molecule has 1 aliphatic heterocycles. The van der Waals surface area contributed by atoms with Gasteiger partial charge in [-0.15, -0.1) is 12.4 Å². The summed E-state index contributed by atoms with van der Waals surface area (Å²) in [4.78, 5) is 14.7. The van der Waals surface area contributed by atoms with Gasteiger partial charge in [0.2, 0.25) is 5.91 Å². The Kier molecular flexibility index (Phi) is 7.85. The van der Waals surface area contributed by atoms with Gasteiger partial charge >= 0.3 is 0 Å². The lowest BCUT2D eigenvalue weighted by molar-refractivity contribution is -0.127. The summed E-state index contributed by atoms with van der Waals surface area (Å²) in [6.07, 6.45) is 7.38. The topological polar surface area (TPSA) is 44.4 Å². The van der Waals surface area contributed by atoms with E-state index in [1.807, 2.05) is 7.05 Å². The summed E-state index contributed by atoms with van der Waals surface area (Å²) in [7, 11) is 2.01. The molecule has 1 saturated carbocycles. The first kappa shape index (κ1) is 17.7. The van der Waals surface area contributed by atoms with Gasteiger partial charge in [-0.1, -0.05) is 12.8 Å². The van der Waals surface area contributed by atoms with Gasteiger partial charge in [0.05, 0.1) is 6.04 Å². The van der Waals surface area contributed by atoms with E-state index in [9.17, 15) is 4.79 Å². The maximum absolute atomic E-state index is 12.3. The van der Waals surface area contributed by atoms with Gasteiger partial charge in [0.25, 0.3) is 0 Å². The Morgan fingerprint density at radius 2 is 1.95 bits per heavy atom. The van der Waals surface area contributed by atoms with Crippen molar-refractivity contribution in [2.45, 2.75) is 57.5 Å². The number of hydrogen-bond acceptors (Lipinski definition) is 3. The van der Waals surface area contributed by atoms with E-state index in [0.717, 1.165) is 19.6 Å². The molecule has 0 radical (unpaired) electrons. The van der Waals surface area contributed by atoms with E-state index in [1.165, 1.54) is 38.5 Å². The fourth-order valence-corrected chi connectivity index (χ4v) is 3.46. The summed E-state index contributed by atoms with van der Waals surface area (Å²) < 4.78 is 0. The SMILES string of the molecule is CNCC1CCCN(C(C)C(=O)NC2CCCC2)C1.Cl. The summed E-state index contributed by atoms with van der Waals surface area (Å²) in [5.41, 5.74) is 0. The third-order valence-corrected chi connectivity index (χ3v) is 4.67. The van der Waals surface area contributed by atoms with E-state index in [2.05, 4.69) is 22.5 Å². The second kappa shape index (κ2) is 8.85. The van der Waals surface area contributed by atoms with E-state index in [1.54, 1.807) is 0 Å². The van der Waals surface area contributed by atoms with Crippen LogP contribution < -0.4 is 10.6 Å². The molecule has 5 heteroatoms. The molecule has 2 atom stereocenters. The molecule has 0 aromatic carbocycles. The number of hydrogen-bond donors (Lipinski definition) is 2. The number of halogens is 1. The van der Waals surface area contributed by atoms with Gasteiger partial charge in [-0.05, 0) is 58.7 Å². The number of carbonyl (C=O) groups is 1. The van der Waals surface area contributed by atoms with Crippen LogP contribution in [0.2, 0.25) is 0 Å². The van der Waals surface area contributed by atoms with Crippen molar-refractivity contribution in [2.75, 3.05) is 26.7 Å². The number of nitrogens with one attached hydrogen (secondary N) is 2. The van der Waals surface area contributed by atoms with E-state index in [-0.39, 0.29) is 24.4 Å². The zero-order valence-corrected chi connectivity index (χ0v) is 13.7. The average Bonchev–Trinajstić information content (AvgIpc) is 2.91. The molecule has 2 unspecified atom stereocenters. The van der Waals surface area contributed by atoms with Crippen molar-refractivity contribution in [2.24, 2.45) is 5.92 Å². The highest BCUT2D eigenvalue weighted by Gasteiger charge is 2.28. The molecule has 1 saturated heterocycles. The standard InChI is InChI=1S/C15H29N3O.ClH/c1-12(15(19)17-14-7-3-4-8-14)18-9-5-6-13(11-18)10-16-2;/h12-14,16H,3-11H2,1-2H3,(H,17,19);1H. The monoisotopic (exact) mass is 303 g/mol. The Labute approximate surface area is 129 Å². The van der Waals surface area contributed by atoms with Crippen LogP contribution in [0.15, 0.2) is 0 Å². The van der Waals surface area contributed by atoms with Gasteiger partial charge in [-0.25, -0.2) is 0 Å². The lowest BCUT2D eigenvalue weighted by atomic mass is 9.96. The summed E-state index contributed by atoms with van der Waals surface area (Å²) in [6.45, 7) is 5.25. The Morgan fingerprint density at radius 1 is 1.25 bits per heavy atom. The number of piperidine rings is 1. The molecule has 0 aromatic rings. The number of carbonyl (C=O) groups excluding carboxylic acids is 1. The molecular weight excluding hydrogens is 274 g/mol. The summed E-state index contributed by atoms with van der Waals surface area (Å²) in [5, 5.41) is 6.48. The fourth-order valence-electron chi connectivity index (χ4n) is 3.46. The Morgan fingerprint density at radius 3 is 2.60 bits per heavy atom. The van der Waals surface area contributed by atoms with Crippen LogP contribution in [0.3, 0.4) is 0 Å². The predicted molar refractivity (Wildman–Crippen MR) is 85.3 cm³/mol. The molecule has 0 spiro atoms. The van der Waals surface area contributed by atoms with Gasteiger partial charge in [-0.2, -0.15) is 0 Å². The second-order valence-electron chi connectivity index (χ2n) is 6.23. The molecule has 4 nitrogen and oxygen atoms in total. The minimum atomic E-state index is 0. The zero-order chi connectivity index (χ0) is 13.7. The first-order valence-electron chi connectivity index (χ1n) is 7.89. The largest absolute Gasteiger partial charge is 0.352 e. The minimum Gasteiger partial charge on any atom is -0.352 e. The van der Waals surface area contributed by atoms with Crippen molar-refractivity contribution in [1.82, 2.24) is 15.5 Å². The zero-order valence-electron chi connectivity index (χ0n) is 12.9. The molecule has 0 aromatic heterocycles. The molecule has 2 rings (SSSR count). The summed E-state index contributed by atoms with van der Waals surface area (Å²) in [5.74, 6) is 0.928. The minimum absolute atomic E-state index is 0. The number of rotatable bonds is 5. The number of nitrogens with zero attached hydrogens (tertiary/aromatic N) is 1. The molecule has 0 bridgehead atoms. The molecule has 1 aliphatic carbocycles. The third kappa shape index (κ3) is 4.90. The molecule has 118 valence electrons. The predicted octanol–water partition coefficient (Wildman–Crippen LogP) is 1.79. The highest BCUT2D eigenvalue weighted by Crippen LogP contribution is 2.20. The van der Waals surface area contributed by atoms with Crippen molar-refractivity contribution < 1.29 is 4.79 Å². The normalized spacial score (nSPS) is 26.0. The van der Waals surface area contributed by atoms with Gasteiger partial charge in [0.15, 0.2) is 0 Å². The molecule has 2 fully saturated rings. The van der Waals surface area contributed by atoms with Crippen LogP contribution in [0.5, 0.6) is 0 Å². The molecular formula is C15H30ClN3O. The first-order chi connectivity index (χ1) is 9.20. The summed E-state index contributed by atoms with van der Waals surface area (Å²) >= 11 is 0. The van der Waals surface area contributed by atoms with Crippen molar-refractivity contribution in [1.29, 1.82) is 0 Å².